The zero-order valence-corrected chi connectivity index (χ0v) is 17.1. The van der Waals surface area contributed by atoms with E-state index in [0.717, 1.165) is 11.1 Å². The number of aromatic amines is 1. The lowest BCUT2D eigenvalue weighted by Crippen LogP contribution is -2.34. The maximum absolute atomic E-state index is 12.3. The van der Waals surface area contributed by atoms with Crippen LogP contribution in [0.1, 0.15) is 22.4 Å². The summed E-state index contributed by atoms with van der Waals surface area (Å²) in [5, 5.41) is 0. The summed E-state index contributed by atoms with van der Waals surface area (Å²) >= 11 is 3.26. The van der Waals surface area contributed by atoms with Crippen molar-refractivity contribution in [2.75, 3.05) is 0 Å². The Kier molecular flexibility index (Phi) is 6.97. The predicted molar refractivity (Wildman–Crippen MR) is 110 cm³/mol. The van der Waals surface area contributed by atoms with Crippen LogP contribution in [0.5, 0.6) is 0 Å². The monoisotopic (exact) mass is 444 g/mol. The van der Waals surface area contributed by atoms with Crippen LogP contribution in [0.15, 0.2) is 68.7 Å². The minimum atomic E-state index is -0.532. The number of nitrogens with zero attached hydrogens (tertiary/aromatic N) is 1. The molecule has 0 unspecified atom stereocenters. The van der Waals surface area contributed by atoms with E-state index >= 15 is 0 Å². The van der Waals surface area contributed by atoms with E-state index in [-0.39, 0.29) is 17.8 Å². The number of halogens is 1. The van der Waals surface area contributed by atoms with Gasteiger partial charge in [0.2, 0.25) is 0 Å². The molecule has 3 rings (SSSR count). The van der Waals surface area contributed by atoms with Gasteiger partial charge in [0, 0.05) is 0 Å². The lowest BCUT2D eigenvalue weighted by atomic mass is 10.2. The molecule has 0 atom stereocenters. The van der Waals surface area contributed by atoms with Gasteiger partial charge >= 0.3 is 5.69 Å². The molecule has 0 fully saturated rings. The van der Waals surface area contributed by atoms with Gasteiger partial charge in [-0.3, -0.25) is 14.3 Å². The van der Waals surface area contributed by atoms with Crippen molar-refractivity contribution in [1.29, 1.82) is 0 Å². The van der Waals surface area contributed by atoms with Crippen molar-refractivity contribution in [2.24, 2.45) is 0 Å². The van der Waals surface area contributed by atoms with Crippen molar-refractivity contribution >= 4 is 15.9 Å². The molecule has 0 saturated carbocycles. The highest BCUT2D eigenvalue weighted by molar-refractivity contribution is 9.10. The van der Waals surface area contributed by atoms with Gasteiger partial charge < -0.3 is 9.47 Å². The van der Waals surface area contributed by atoms with Crippen LogP contribution in [0.4, 0.5) is 0 Å². The third-order valence-electron chi connectivity index (χ3n) is 4.20. The van der Waals surface area contributed by atoms with Gasteiger partial charge in [0.05, 0.1) is 25.5 Å². The Morgan fingerprint density at radius 2 is 1.54 bits per heavy atom. The minimum absolute atomic E-state index is 0.00628. The molecular weight excluding hydrogens is 424 g/mol. The van der Waals surface area contributed by atoms with Crippen LogP contribution in [0.3, 0.4) is 0 Å². The second kappa shape index (κ2) is 9.64. The fraction of sp³-hybridized carbons (Fsp3) is 0.238. The number of hydrogen-bond acceptors (Lipinski definition) is 4. The van der Waals surface area contributed by atoms with E-state index in [4.69, 9.17) is 9.47 Å². The zero-order valence-electron chi connectivity index (χ0n) is 15.5. The summed E-state index contributed by atoms with van der Waals surface area (Å²) in [6.45, 7) is 2.85. The highest BCUT2D eigenvalue weighted by Gasteiger charge is 2.13. The molecule has 3 aromatic rings. The van der Waals surface area contributed by atoms with E-state index in [2.05, 4.69) is 20.9 Å². The number of benzene rings is 2. The first-order valence-corrected chi connectivity index (χ1v) is 9.60. The summed E-state index contributed by atoms with van der Waals surface area (Å²) in [4.78, 5) is 26.5. The smallest absolute Gasteiger partial charge is 0.330 e. The maximum atomic E-state index is 12.3. The van der Waals surface area contributed by atoms with E-state index in [9.17, 15) is 9.59 Å². The normalized spacial score (nSPS) is 10.9. The molecule has 1 N–H and O–H groups in total. The number of nitrogens with one attached hydrogen (secondary N) is 1. The summed E-state index contributed by atoms with van der Waals surface area (Å²) < 4.78 is 13.0. The highest BCUT2D eigenvalue weighted by Crippen LogP contribution is 2.13. The standard InChI is InChI=1S/C21H21BrN2O4/c1-15-7-9-17(10-8-15)11-27-13-18-19(22)20(25)23-21(26)24(18)14-28-12-16-5-3-2-4-6-16/h2-10H,11-14H2,1H3,(H,23,25,26). The van der Waals surface area contributed by atoms with Crippen LogP contribution in [0, 0.1) is 6.92 Å². The van der Waals surface area contributed by atoms with Gasteiger partial charge in [-0.15, -0.1) is 0 Å². The van der Waals surface area contributed by atoms with E-state index in [1.54, 1.807) is 0 Å². The fourth-order valence-electron chi connectivity index (χ4n) is 2.65. The Balaban J connectivity index is 1.70. The fourth-order valence-corrected chi connectivity index (χ4v) is 3.08. The van der Waals surface area contributed by atoms with Crippen LogP contribution in [0.25, 0.3) is 0 Å². The number of hydrogen-bond donors (Lipinski definition) is 1. The van der Waals surface area contributed by atoms with Crippen LogP contribution in [-0.4, -0.2) is 9.55 Å². The molecule has 0 amide bonds. The Morgan fingerprint density at radius 1 is 0.893 bits per heavy atom. The molecule has 0 radical (unpaired) electrons. The van der Waals surface area contributed by atoms with E-state index in [1.165, 1.54) is 10.1 Å². The van der Waals surface area contributed by atoms with Crippen LogP contribution >= 0.6 is 15.9 Å². The van der Waals surface area contributed by atoms with Crippen molar-refractivity contribution in [3.05, 3.63) is 102 Å². The zero-order chi connectivity index (χ0) is 19.9. The van der Waals surface area contributed by atoms with E-state index in [1.807, 2.05) is 61.5 Å². The number of aromatic nitrogens is 2. The van der Waals surface area contributed by atoms with Crippen molar-refractivity contribution in [3.63, 3.8) is 0 Å². The van der Waals surface area contributed by atoms with Gasteiger partial charge in [0.25, 0.3) is 5.56 Å². The highest BCUT2D eigenvalue weighted by atomic mass is 79.9. The molecule has 0 saturated heterocycles. The van der Waals surface area contributed by atoms with E-state index < -0.39 is 11.2 Å². The summed E-state index contributed by atoms with van der Waals surface area (Å²) in [6, 6.07) is 17.6. The first-order chi connectivity index (χ1) is 13.5. The largest absolute Gasteiger partial charge is 0.371 e. The summed E-state index contributed by atoms with van der Waals surface area (Å²) in [5.74, 6) is 0. The van der Waals surface area contributed by atoms with E-state index in [0.29, 0.717) is 18.9 Å². The minimum Gasteiger partial charge on any atom is -0.371 e. The van der Waals surface area contributed by atoms with Crippen molar-refractivity contribution in [3.8, 4) is 0 Å². The van der Waals surface area contributed by atoms with Gasteiger partial charge in [0.15, 0.2) is 0 Å². The molecule has 1 heterocycles. The molecule has 146 valence electrons. The Bertz CT molecular complexity index is 1030. The lowest BCUT2D eigenvalue weighted by molar-refractivity contribution is 0.0481. The molecule has 0 aliphatic heterocycles. The number of aryl methyl sites for hydroxylation is 1. The first-order valence-electron chi connectivity index (χ1n) is 8.81. The molecule has 2 aromatic carbocycles. The first kappa shape index (κ1) is 20.3. The number of H-pyrrole nitrogens is 1. The van der Waals surface area contributed by atoms with Crippen LogP contribution in [-0.2, 0) is 36.0 Å². The molecule has 0 bridgehead atoms. The second-order valence-corrected chi connectivity index (χ2v) is 7.18. The Hall–Kier alpha value is -2.48. The summed E-state index contributed by atoms with van der Waals surface area (Å²) in [5.41, 5.74) is 2.60. The molecule has 28 heavy (non-hydrogen) atoms. The molecule has 1 aromatic heterocycles. The SMILES string of the molecule is Cc1ccc(COCc2c(Br)c(=O)[nH]c(=O)n2COCc2ccccc2)cc1. The van der Waals surface area contributed by atoms with Crippen LogP contribution < -0.4 is 11.2 Å². The molecule has 0 aliphatic carbocycles. The van der Waals surface area contributed by atoms with Crippen molar-refractivity contribution < 1.29 is 9.47 Å². The third-order valence-corrected chi connectivity index (χ3v) is 5.02. The molecule has 6 nitrogen and oxygen atoms in total. The summed E-state index contributed by atoms with van der Waals surface area (Å²) in [7, 11) is 0. The maximum Gasteiger partial charge on any atom is 0.330 e. The quantitative estimate of drug-likeness (QED) is 0.576. The van der Waals surface area contributed by atoms with Gasteiger partial charge in [0.1, 0.15) is 11.2 Å². The van der Waals surface area contributed by atoms with Gasteiger partial charge in [-0.25, -0.2) is 4.79 Å². The van der Waals surface area contributed by atoms with Crippen molar-refractivity contribution in [1.82, 2.24) is 9.55 Å². The van der Waals surface area contributed by atoms with Gasteiger partial charge in [-0.2, -0.15) is 0 Å². The van der Waals surface area contributed by atoms with Crippen molar-refractivity contribution in [2.45, 2.75) is 33.5 Å². The Morgan fingerprint density at radius 3 is 2.25 bits per heavy atom. The molecule has 0 aliphatic rings. The molecule has 0 spiro atoms. The third kappa shape index (κ3) is 5.28. The molecule has 7 heteroatoms. The number of ether oxygens (including phenoxy) is 2. The predicted octanol–water partition coefficient (Wildman–Crippen LogP) is 3.50. The summed E-state index contributed by atoms with van der Waals surface area (Å²) in [6.07, 6.45) is 0. The topological polar surface area (TPSA) is 73.3 Å². The average Bonchev–Trinajstić information content (AvgIpc) is 2.70. The lowest BCUT2D eigenvalue weighted by Gasteiger charge is -2.14. The van der Waals surface area contributed by atoms with Crippen LogP contribution in [0.2, 0.25) is 0 Å². The second-order valence-electron chi connectivity index (χ2n) is 6.39. The molecular formula is C21H21BrN2O4. The average molecular weight is 445 g/mol. The van der Waals surface area contributed by atoms with Gasteiger partial charge in [-0.1, -0.05) is 60.2 Å². The Labute approximate surface area is 170 Å². The number of rotatable bonds is 8. The van der Waals surface area contributed by atoms with Gasteiger partial charge in [-0.05, 0) is 34.0 Å².